The molecule has 0 aliphatic heterocycles. The quantitative estimate of drug-likeness (QED) is 0.286. The minimum Gasteiger partial charge on any atom is -0.417 e. The van der Waals surface area contributed by atoms with E-state index in [1.54, 1.807) is 13.0 Å². The van der Waals surface area contributed by atoms with E-state index in [9.17, 15) is 10.1 Å². The first-order valence-corrected chi connectivity index (χ1v) is 5.75. The lowest BCUT2D eigenvalue weighted by Gasteiger charge is -2.06. The summed E-state index contributed by atoms with van der Waals surface area (Å²) in [5.41, 5.74) is 6.06. The van der Waals surface area contributed by atoms with Gasteiger partial charge >= 0.3 is 11.7 Å². The molecule has 2 rings (SSSR count). The van der Waals surface area contributed by atoms with Gasteiger partial charge in [-0.3, -0.25) is 10.1 Å². The molecule has 0 fully saturated rings. The Morgan fingerprint density at radius 3 is 2.90 bits per heavy atom. The molecule has 9 nitrogen and oxygen atoms in total. The molecule has 0 saturated heterocycles. The maximum Gasteiger partial charge on any atom is 0.322 e. The molecule has 3 N–H and O–H groups in total. The van der Waals surface area contributed by atoms with Crippen LogP contribution in [0.25, 0.3) is 0 Å². The van der Waals surface area contributed by atoms with Gasteiger partial charge in [0.05, 0.1) is 4.92 Å². The van der Waals surface area contributed by atoms with E-state index in [0.29, 0.717) is 0 Å². The Balaban J connectivity index is 2.37. The number of aryl methyl sites for hydroxylation is 1. The molecule has 0 aliphatic carbocycles. The van der Waals surface area contributed by atoms with E-state index in [0.717, 1.165) is 5.56 Å². The Kier molecular flexibility index (Phi) is 3.93. The minimum absolute atomic E-state index is 0.00209. The SMILES string of the molecule is Cc1ccc(Oc2nccc(/C(N)=N/O)n2)c([N+](=O)[O-])c1. The summed E-state index contributed by atoms with van der Waals surface area (Å²) in [6, 6.07) is 5.75. The fourth-order valence-corrected chi connectivity index (χ4v) is 1.54. The maximum absolute atomic E-state index is 11.0. The van der Waals surface area contributed by atoms with Crippen molar-refractivity contribution in [1.29, 1.82) is 0 Å². The smallest absolute Gasteiger partial charge is 0.322 e. The first-order chi connectivity index (χ1) is 10.0. The predicted molar refractivity (Wildman–Crippen MR) is 72.5 cm³/mol. The number of nitro groups is 1. The fraction of sp³-hybridized carbons (Fsp3) is 0.0833. The topological polar surface area (TPSA) is 137 Å². The molecule has 108 valence electrons. The van der Waals surface area contributed by atoms with Gasteiger partial charge in [-0.05, 0) is 24.6 Å². The molecule has 0 aliphatic rings. The Morgan fingerprint density at radius 2 is 2.24 bits per heavy atom. The number of benzene rings is 1. The first kappa shape index (κ1) is 14.2. The van der Waals surface area contributed by atoms with E-state index in [-0.39, 0.29) is 29.0 Å². The lowest BCUT2D eigenvalue weighted by atomic mass is 10.2. The second kappa shape index (κ2) is 5.82. The van der Waals surface area contributed by atoms with Crippen LogP contribution in [0.1, 0.15) is 11.3 Å². The highest BCUT2D eigenvalue weighted by Crippen LogP contribution is 2.30. The number of nitrogens with two attached hydrogens (primary N) is 1. The number of nitro benzene ring substituents is 1. The molecule has 1 heterocycles. The van der Waals surface area contributed by atoms with Crippen LogP contribution in [0.3, 0.4) is 0 Å². The number of hydrogen-bond acceptors (Lipinski definition) is 7. The van der Waals surface area contributed by atoms with E-state index in [2.05, 4.69) is 15.1 Å². The molecule has 2 aromatic rings. The van der Waals surface area contributed by atoms with Crippen LogP contribution >= 0.6 is 0 Å². The van der Waals surface area contributed by atoms with Gasteiger partial charge < -0.3 is 15.7 Å². The number of amidine groups is 1. The molecule has 0 bridgehead atoms. The fourth-order valence-electron chi connectivity index (χ4n) is 1.54. The van der Waals surface area contributed by atoms with Crippen molar-refractivity contribution in [2.75, 3.05) is 0 Å². The summed E-state index contributed by atoms with van der Waals surface area (Å²) >= 11 is 0. The van der Waals surface area contributed by atoms with Crippen molar-refractivity contribution in [3.05, 3.63) is 51.8 Å². The van der Waals surface area contributed by atoms with Gasteiger partial charge in [-0.1, -0.05) is 11.2 Å². The minimum atomic E-state index is -0.560. The Hall–Kier alpha value is -3.23. The molecular weight excluding hydrogens is 278 g/mol. The van der Waals surface area contributed by atoms with Crippen LogP contribution in [-0.2, 0) is 0 Å². The molecule has 0 atom stereocenters. The summed E-state index contributed by atoms with van der Waals surface area (Å²) in [6.45, 7) is 1.73. The first-order valence-electron chi connectivity index (χ1n) is 5.75. The highest BCUT2D eigenvalue weighted by Gasteiger charge is 2.17. The Morgan fingerprint density at radius 1 is 1.48 bits per heavy atom. The third kappa shape index (κ3) is 3.21. The van der Waals surface area contributed by atoms with E-state index >= 15 is 0 Å². The van der Waals surface area contributed by atoms with Crippen LogP contribution in [0.2, 0.25) is 0 Å². The van der Waals surface area contributed by atoms with Crippen LogP contribution in [0, 0.1) is 17.0 Å². The third-order valence-electron chi connectivity index (χ3n) is 2.52. The summed E-state index contributed by atoms with van der Waals surface area (Å²) in [5, 5.41) is 22.4. The van der Waals surface area contributed by atoms with Gasteiger partial charge in [0.1, 0.15) is 5.69 Å². The van der Waals surface area contributed by atoms with E-state index in [1.807, 2.05) is 0 Å². The zero-order valence-corrected chi connectivity index (χ0v) is 10.9. The molecule has 0 radical (unpaired) electrons. The number of ether oxygens (including phenoxy) is 1. The van der Waals surface area contributed by atoms with Crippen molar-refractivity contribution in [2.24, 2.45) is 10.9 Å². The van der Waals surface area contributed by atoms with Crippen LogP contribution < -0.4 is 10.5 Å². The van der Waals surface area contributed by atoms with Gasteiger partial charge in [-0.15, -0.1) is 0 Å². The summed E-state index contributed by atoms with van der Waals surface area (Å²) in [7, 11) is 0. The molecule has 9 heteroatoms. The van der Waals surface area contributed by atoms with Crippen LogP contribution in [0.4, 0.5) is 5.69 Å². The number of nitrogens with zero attached hydrogens (tertiary/aromatic N) is 4. The average Bonchev–Trinajstić information content (AvgIpc) is 2.48. The second-order valence-electron chi connectivity index (χ2n) is 4.04. The van der Waals surface area contributed by atoms with Gasteiger partial charge in [0, 0.05) is 12.3 Å². The molecule has 21 heavy (non-hydrogen) atoms. The van der Waals surface area contributed by atoms with Crippen LogP contribution in [0.15, 0.2) is 35.6 Å². The summed E-state index contributed by atoms with van der Waals surface area (Å²) in [5.74, 6) is -0.220. The normalized spacial score (nSPS) is 11.2. The maximum atomic E-state index is 11.0. The highest BCUT2D eigenvalue weighted by atomic mass is 16.6. The van der Waals surface area contributed by atoms with E-state index in [4.69, 9.17) is 15.7 Å². The van der Waals surface area contributed by atoms with Gasteiger partial charge in [0.25, 0.3) is 0 Å². The van der Waals surface area contributed by atoms with E-state index < -0.39 is 4.92 Å². The molecule has 0 amide bonds. The zero-order chi connectivity index (χ0) is 15.4. The lowest BCUT2D eigenvalue weighted by Crippen LogP contribution is -2.15. The van der Waals surface area contributed by atoms with Crippen molar-refractivity contribution in [3.63, 3.8) is 0 Å². The van der Waals surface area contributed by atoms with Crippen molar-refractivity contribution in [3.8, 4) is 11.8 Å². The second-order valence-corrected chi connectivity index (χ2v) is 4.04. The van der Waals surface area contributed by atoms with Crippen molar-refractivity contribution in [2.45, 2.75) is 6.92 Å². The largest absolute Gasteiger partial charge is 0.417 e. The molecule has 1 aromatic carbocycles. The standard InChI is InChI=1S/C12H11N5O4/c1-7-2-3-10(9(6-7)17(19)20)21-12-14-5-4-8(15-12)11(13)16-18/h2-6,18H,1H3,(H2,13,16). The third-order valence-corrected chi connectivity index (χ3v) is 2.52. The molecule has 0 saturated carbocycles. The highest BCUT2D eigenvalue weighted by molar-refractivity contribution is 5.95. The summed E-state index contributed by atoms with van der Waals surface area (Å²) in [6.07, 6.45) is 1.33. The number of oxime groups is 1. The molecule has 0 unspecified atom stereocenters. The summed E-state index contributed by atoms with van der Waals surface area (Å²) in [4.78, 5) is 18.2. The van der Waals surface area contributed by atoms with Gasteiger partial charge in [0.15, 0.2) is 5.84 Å². The summed E-state index contributed by atoms with van der Waals surface area (Å²) < 4.78 is 5.31. The Labute approximate surface area is 118 Å². The zero-order valence-electron chi connectivity index (χ0n) is 10.9. The monoisotopic (exact) mass is 289 g/mol. The van der Waals surface area contributed by atoms with Crippen LogP contribution in [0.5, 0.6) is 11.8 Å². The molecule has 0 spiro atoms. The van der Waals surface area contributed by atoms with Crippen LogP contribution in [-0.4, -0.2) is 25.9 Å². The van der Waals surface area contributed by atoms with Gasteiger partial charge in [0.2, 0.25) is 5.75 Å². The number of aromatic nitrogens is 2. The number of hydrogen-bond donors (Lipinski definition) is 2. The van der Waals surface area contributed by atoms with Crippen molar-refractivity contribution >= 4 is 11.5 Å². The van der Waals surface area contributed by atoms with Gasteiger partial charge in [-0.2, -0.15) is 4.98 Å². The number of rotatable bonds is 4. The molecule has 1 aromatic heterocycles. The molecular formula is C12H11N5O4. The van der Waals surface area contributed by atoms with Crippen molar-refractivity contribution < 1.29 is 14.9 Å². The lowest BCUT2D eigenvalue weighted by molar-refractivity contribution is -0.385. The average molecular weight is 289 g/mol. The predicted octanol–water partition coefficient (Wildman–Crippen LogP) is 1.58. The van der Waals surface area contributed by atoms with Crippen molar-refractivity contribution in [1.82, 2.24) is 9.97 Å². The van der Waals surface area contributed by atoms with E-state index in [1.165, 1.54) is 24.4 Å². The Bertz CT molecular complexity index is 717. The van der Waals surface area contributed by atoms with Gasteiger partial charge in [-0.25, -0.2) is 4.98 Å².